The molecule has 0 heterocycles. The van der Waals surface area contributed by atoms with Crippen LogP contribution in [0.15, 0.2) is 29.4 Å². The highest BCUT2D eigenvalue weighted by atomic mass is 35.5. The highest BCUT2D eigenvalue weighted by molar-refractivity contribution is 6.30. The molecule has 0 amide bonds. The van der Waals surface area contributed by atoms with E-state index in [-0.39, 0.29) is 12.3 Å². The number of rotatable bonds is 3. The molecule has 0 aliphatic rings. The molecule has 1 aromatic rings. The number of hydrogen-bond acceptors (Lipinski definition) is 3. The average Bonchev–Trinajstić information content (AvgIpc) is 2.17. The van der Waals surface area contributed by atoms with E-state index < -0.39 is 5.60 Å². The van der Waals surface area contributed by atoms with Gasteiger partial charge in [-0.25, -0.2) is 0 Å². The summed E-state index contributed by atoms with van der Waals surface area (Å²) in [6.45, 7) is 1.59. The van der Waals surface area contributed by atoms with Crippen molar-refractivity contribution in [1.29, 1.82) is 0 Å². The summed E-state index contributed by atoms with van der Waals surface area (Å²) in [5, 5.41) is 21.9. The van der Waals surface area contributed by atoms with E-state index in [1.807, 2.05) is 0 Å². The molecule has 15 heavy (non-hydrogen) atoms. The minimum absolute atomic E-state index is 0.0186. The van der Waals surface area contributed by atoms with Gasteiger partial charge in [-0.05, 0) is 24.6 Å². The predicted molar refractivity (Wildman–Crippen MR) is 59.0 cm³/mol. The molecule has 0 fully saturated rings. The molecule has 0 bridgehead atoms. The van der Waals surface area contributed by atoms with Gasteiger partial charge in [0.05, 0.1) is 5.60 Å². The Morgan fingerprint density at radius 1 is 1.47 bits per heavy atom. The number of amidine groups is 1. The van der Waals surface area contributed by atoms with Crippen molar-refractivity contribution < 1.29 is 10.3 Å². The summed E-state index contributed by atoms with van der Waals surface area (Å²) in [4.78, 5) is 0. The fourth-order valence-electron chi connectivity index (χ4n) is 1.30. The molecular weight excluding hydrogens is 216 g/mol. The summed E-state index contributed by atoms with van der Waals surface area (Å²) in [6, 6.07) is 6.76. The number of nitrogens with two attached hydrogens (primary N) is 1. The average molecular weight is 229 g/mol. The first-order chi connectivity index (χ1) is 6.95. The third kappa shape index (κ3) is 3.11. The Hall–Kier alpha value is -1.26. The molecule has 5 heteroatoms. The van der Waals surface area contributed by atoms with Crippen molar-refractivity contribution in [2.45, 2.75) is 18.9 Å². The minimum Gasteiger partial charge on any atom is -0.409 e. The highest BCUT2D eigenvalue weighted by Gasteiger charge is 2.24. The van der Waals surface area contributed by atoms with Gasteiger partial charge in [-0.3, -0.25) is 0 Å². The fraction of sp³-hybridized carbons (Fsp3) is 0.300. The molecule has 4 N–H and O–H groups in total. The van der Waals surface area contributed by atoms with Crippen LogP contribution in [0.5, 0.6) is 0 Å². The first kappa shape index (κ1) is 11.8. The maximum Gasteiger partial charge on any atom is 0.142 e. The molecule has 0 aliphatic carbocycles. The largest absolute Gasteiger partial charge is 0.409 e. The second kappa shape index (κ2) is 4.51. The van der Waals surface area contributed by atoms with Gasteiger partial charge in [-0.1, -0.05) is 28.9 Å². The molecular formula is C10H13ClN2O2. The smallest absolute Gasteiger partial charge is 0.142 e. The number of nitrogens with zero attached hydrogens (tertiary/aromatic N) is 1. The van der Waals surface area contributed by atoms with E-state index in [9.17, 15) is 5.11 Å². The summed E-state index contributed by atoms with van der Waals surface area (Å²) in [7, 11) is 0. The second-order valence-electron chi connectivity index (χ2n) is 3.55. The highest BCUT2D eigenvalue weighted by Crippen LogP contribution is 2.25. The molecule has 1 atom stereocenters. The molecule has 4 nitrogen and oxygen atoms in total. The van der Waals surface area contributed by atoms with E-state index in [0.717, 1.165) is 0 Å². The fourth-order valence-corrected chi connectivity index (χ4v) is 1.43. The number of aliphatic hydroxyl groups is 1. The molecule has 1 unspecified atom stereocenters. The van der Waals surface area contributed by atoms with E-state index in [4.69, 9.17) is 22.5 Å². The standard InChI is InChI=1S/C10H13ClN2O2/c1-10(14,6-9(12)13-15)7-2-4-8(11)5-3-7/h2-5,14-15H,6H2,1H3,(H2,12,13). The molecule has 0 spiro atoms. The Bertz CT molecular complexity index is 360. The predicted octanol–water partition coefficient (Wildman–Crippen LogP) is 1.68. The van der Waals surface area contributed by atoms with Gasteiger partial charge in [0.2, 0.25) is 0 Å². The van der Waals surface area contributed by atoms with Crippen LogP contribution in [0.3, 0.4) is 0 Å². The van der Waals surface area contributed by atoms with Crippen molar-refractivity contribution in [3.63, 3.8) is 0 Å². The third-order valence-electron chi connectivity index (χ3n) is 2.12. The van der Waals surface area contributed by atoms with E-state index >= 15 is 0 Å². The maximum absolute atomic E-state index is 10.1. The maximum atomic E-state index is 10.1. The van der Waals surface area contributed by atoms with Crippen molar-refractivity contribution in [3.8, 4) is 0 Å². The van der Waals surface area contributed by atoms with Crippen molar-refractivity contribution in [1.82, 2.24) is 0 Å². The molecule has 0 radical (unpaired) electrons. The molecule has 1 aromatic carbocycles. The topological polar surface area (TPSA) is 78.8 Å². The van der Waals surface area contributed by atoms with Crippen molar-refractivity contribution in [3.05, 3.63) is 34.9 Å². The first-order valence-electron chi connectivity index (χ1n) is 4.40. The number of oxime groups is 1. The zero-order valence-electron chi connectivity index (χ0n) is 8.31. The van der Waals surface area contributed by atoms with Crippen LogP contribution in [0.4, 0.5) is 0 Å². The monoisotopic (exact) mass is 228 g/mol. The van der Waals surface area contributed by atoms with Gasteiger partial charge < -0.3 is 16.0 Å². The van der Waals surface area contributed by atoms with Gasteiger partial charge in [0, 0.05) is 11.4 Å². The zero-order chi connectivity index (χ0) is 11.5. The Labute approximate surface area is 93.0 Å². The second-order valence-corrected chi connectivity index (χ2v) is 3.99. The van der Waals surface area contributed by atoms with Crippen LogP contribution in [-0.4, -0.2) is 16.1 Å². The summed E-state index contributed by atoms with van der Waals surface area (Å²) in [6.07, 6.45) is 0.0606. The molecule has 82 valence electrons. The third-order valence-corrected chi connectivity index (χ3v) is 2.37. The van der Waals surface area contributed by atoms with Gasteiger partial charge in [0.25, 0.3) is 0 Å². The van der Waals surface area contributed by atoms with Crippen molar-refractivity contribution >= 4 is 17.4 Å². The Morgan fingerprint density at radius 2 is 2.00 bits per heavy atom. The van der Waals surface area contributed by atoms with Crippen LogP contribution in [0.1, 0.15) is 18.9 Å². The van der Waals surface area contributed by atoms with Crippen LogP contribution >= 0.6 is 11.6 Å². The Morgan fingerprint density at radius 3 is 2.47 bits per heavy atom. The van der Waals surface area contributed by atoms with Crippen LogP contribution in [-0.2, 0) is 5.60 Å². The number of benzene rings is 1. The number of hydrogen-bond donors (Lipinski definition) is 3. The lowest BCUT2D eigenvalue weighted by Crippen LogP contribution is -2.29. The lowest BCUT2D eigenvalue weighted by Gasteiger charge is -2.22. The van der Waals surface area contributed by atoms with Gasteiger partial charge in [0.1, 0.15) is 5.84 Å². The minimum atomic E-state index is -1.17. The Balaban J connectivity index is 2.90. The normalized spacial score (nSPS) is 16.1. The molecule has 0 aromatic heterocycles. The first-order valence-corrected chi connectivity index (χ1v) is 4.78. The lowest BCUT2D eigenvalue weighted by atomic mass is 9.92. The van der Waals surface area contributed by atoms with Crippen LogP contribution in [0, 0.1) is 0 Å². The van der Waals surface area contributed by atoms with Gasteiger partial charge in [-0.15, -0.1) is 0 Å². The SMILES string of the molecule is CC(O)(C/C(N)=N/O)c1ccc(Cl)cc1. The van der Waals surface area contributed by atoms with E-state index in [1.54, 1.807) is 31.2 Å². The van der Waals surface area contributed by atoms with Gasteiger partial charge in [0.15, 0.2) is 0 Å². The zero-order valence-corrected chi connectivity index (χ0v) is 9.07. The molecule has 1 rings (SSSR count). The molecule has 0 saturated carbocycles. The van der Waals surface area contributed by atoms with E-state index in [0.29, 0.717) is 10.6 Å². The van der Waals surface area contributed by atoms with Crippen molar-refractivity contribution in [2.75, 3.05) is 0 Å². The van der Waals surface area contributed by atoms with Crippen molar-refractivity contribution in [2.24, 2.45) is 10.9 Å². The summed E-state index contributed by atoms with van der Waals surface area (Å²) in [5.74, 6) is -0.0186. The Kier molecular flexibility index (Phi) is 3.55. The van der Waals surface area contributed by atoms with E-state index in [2.05, 4.69) is 5.16 Å². The van der Waals surface area contributed by atoms with Crippen LogP contribution in [0.2, 0.25) is 5.02 Å². The molecule has 0 aliphatic heterocycles. The van der Waals surface area contributed by atoms with Crippen LogP contribution < -0.4 is 5.73 Å². The summed E-state index contributed by atoms with van der Waals surface area (Å²) < 4.78 is 0. The van der Waals surface area contributed by atoms with Gasteiger partial charge in [-0.2, -0.15) is 0 Å². The number of halogens is 1. The lowest BCUT2D eigenvalue weighted by molar-refractivity contribution is 0.0641. The summed E-state index contributed by atoms with van der Waals surface area (Å²) >= 11 is 5.72. The summed E-state index contributed by atoms with van der Waals surface area (Å²) in [5.41, 5.74) is 4.84. The van der Waals surface area contributed by atoms with Gasteiger partial charge >= 0.3 is 0 Å². The molecule has 0 saturated heterocycles. The van der Waals surface area contributed by atoms with E-state index in [1.165, 1.54) is 0 Å². The van der Waals surface area contributed by atoms with Crippen LogP contribution in [0.25, 0.3) is 0 Å². The quantitative estimate of drug-likeness (QED) is 0.319.